The third-order valence-corrected chi connectivity index (χ3v) is 4.96. The lowest BCUT2D eigenvalue weighted by Crippen LogP contribution is -2.40. The molecule has 1 aliphatic heterocycles. The standard InChI is InChI=1S/C19H22N6O2.C2HF3O2/c20-10-16(15-6-5-13-3-1-2-4-14(13)9-15)22-19(26)21-11-17-23-24-18-12-27-8-7-25(17)18;3-2(4,5)1(6)7/h1-6,9,16H,7-8,10-12,20H2,(H2,21,22,26);(H,6,7). The van der Waals surface area contributed by atoms with E-state index in [1.54, 1.807) is 0 Å². The summed E-state index contributed by atoms with van der Waals surface area (Å²) >= 11 is 0. The highest BCUT2D eigenvalue weighted by atomic mass is 19.4. The monoisotopic (exact) mass is 480 g/mol. The van der Waals surface area contributed by atoms with E-state index in [1.807, 2.05) is 34.9 Å². The Balaban J connectivity index is 0.000000406. The van der Waals surface area contributed by atoms with Gasteiger partial charge in [-0.15, -0.1) is 10.2 Å². The smallest absolute Gasteiger partial charge is 0.475 e. The third kappa shape index (κ3) is 6.42. The molecule has 4 rings (SSSR count). The average molecular weight is 480 g/mol. The van der Waals surface area contributed by atoms with Gasteiger partial charge in [-0.2, -0.15) is 13.2 Å². The highest BCUT2D eigenvalue weighted by Crippen LogP contribution is 2.20. The van der Waals surface area contributed by atoms with Crippen molar-refractivity contribution in [1.29, 1.82) is 0 Å². The molecule has 1 aliphatic rings. The second kappa shape index (κ2) is 10.9. The predicted molar refractivity (Wildman–Crippen MR) is 114 cm³/mol. The maximum absolute atomic E-state index is 12.4. The lowest BCUT2D eigenvalue weighted by atomic mass is 10.0. The van der Waals surface area contributed by atoms with E-state index in [-0.39, 0.29) is 12.1 Å². The van der Waals surface area contributed by atoms with Crippen LogP contribution in [0, 0.1) is 0 Å². The Hall–Kier alpha value is -3.71. The van der Waals surface area contributed by atoms with Crippen LogP contribution in [-0.4, -0.2) is 51.2 Å². The Kier molecular flexibility index (Phi) is 8.02. The second-order valence-corrected chi connectivity index (χ2v) is 7.26. The molecule has 1 atom stereocenters. The fourth-order valence-electron chi connectivity index (χ4n) is 3.26. The third-order valence-electron chi connectivity index (χ3n) is 4.96. The largest absolute Gasteiger partial charge is 0.490 e. The molecule has 3 aromatic rings. The molecule has 1 unspecified atom stereocenters. The maximum Gasteiger partial charge on any atom is 0.490 e. The summed E-state index contributed by atoms with van der Waals surface area (Å²) in [7, 11) is 0. The molecular formula is C21H23F3N6O4. The first-order valence-electron chi connectivity index (χ1n) is 10.2. The fourth-order valence-corrected chi connectivity index (χ4v) is 3.26. The lowest BCUT2D eigenvalue weighted by Gasteiger charge is -2.19. The van der Waals surface area contributed by atoms with Crippen molar-refractivity contribution in [3.63, 3.8) is 0 Å². The van der Waals surface area contributed by atoms with Crippen molar-refractivity contribution in [2.24, 2.45) is 5.73 Å². The number of aliphatic carboxylic acids is 1. The van der Waals surface area contributed by atoms with Crippen molar-refractivity contribution in [3.8, 4) is 0 Å². The van der Waals surface area contributed by atoms with Crippen molar-refractivity contribution < 1.29 is 32.6 Å². The number of carboxylic acids is 1. The fraction of sp³-hybridized carbons (Fsp3) is 0.333. The Labute approximate surface area is 191 Å². The summed E-state index contributed by atoms with van der Waals surface area (Å²) in [6.07, 6.45) is -5.08. The minimum atomic E-state index is -5.08. The van der Waals surface area contributed by atoms with Crippen LogP contribution >= 0.6 is 0 Å². The van der Waals surface area contributed by atoms with Crippen LogP contribution in [0.5, 0.6) is 0 Å². The number of hydrogen-bond acceptors (Lipinski definition) is 6. The number of fused-ring (bicyclic) bond motifs is 2. The van der Waals surface area contributed by atoms with Crippen LogP contribution in [0.3, 0.4) is 0 Å². The first-order valence-corrected chi connectivity index (χ1v) is 10.2. The first kappa shape index (κ1) is 24.9. The van der Waals surface area contributed by atoms with Crippen LogP contribution in [0.4, 0.5) is 18.0 Å². The quantitative estimate of drug-likeness (QED) is 0.438. The van der Waals surface area contributed by atoms with Gasteiger partial charge in [-0.1, -0.05) is 36.4 Å². The van der Waals surface area contributed by atoms with E-state index in [0.29, 0.717) is 32.8 Å². The number of carboxylic acid groups (broad SMARTS) is 1. The van der Waals surface area contributed by atoms with Gasteiger partial charge in [-0.05, 0) is 22.4 Å². The zero-order valence-corrected chi connectivity index (χ0v) is 17.9. The first-order chi connectivity index (χ1) is 16.2. The van der Waals surface area contributed by atoms with Gasteiger partial charge in [-0.25, -0.2) is 9.59 Å². The number of carbonyl (C=O) groups is 2. The Morgan fingerprint density at radius 3 is 2.56 bits per heavy atom. The van der Waals surface area contributed by atoms with Gasteiger partial charge < -0.3 is 30.8 Å². The molecule has 10 nitrogen and oxygen atoms in total. The van der Waals surface area contributed by atoms with Gasteiger partial charge in [0.05, 0.1) is 19.2 Å². The van der Waals surface area contributed by atoms with Gasteiger partial charge in [-0.3, -0.25) is 0 Å². The number of nitrogens with two attached hydrogens (primary N) is 1. The van der Waals surface area contributed by atoms with E-state index >= 15 is 0 Å². The summed E-state index contributed by atoms with van der Waals surface area (Å²) in [5.41, 5.74) is 6.87. The molecule has 2 amide bonds. The van der Waals surface area contributed by atoms with Crippen molar-refractivity contribution in [2.75, 3.05) is 13.2 Å². The van der Waals surface area contributed by atoms with E-state index in [0.717, 1.165) is 28.0 Å². The molecule has 0 radical (unpaired) electrons. The number of ether oxygens (including phenoxy) is 1. The molecule has 0 fully saturated rings. The predicted octanol–water partition coefficient (Wildman–Crippen LogP) is 2.09. The van der Waals surface area contributed by atoms with Gasteiger partial charge in [0, 0.05) is 13.1 Å². The number of nitrogens with zero attached hydrogens (tertiary/aromatic N) is 3. The normalized spacial score (nSPS) is 13.9. The van der Waals surface area contributed by atoms with Crippen molar-refractivity contribution in [1.82, 2.24) is 25.4 Å². The molecule has 1 aromatic heterocycles. The maximum atomic E-state index is 12.4. The number of hydrogen-bond donors (Lipinski definition) is 4. The molecule has 2 aromatic carbocycles. The number of halogens is 3. The average Bonchev–Trinajstić information content (AvgIpc) is 3.24. The zero-order valence-electron chi connectivity index (χ0n) is 17.9. The Bertz CT molecular complexity index is 1150. The van der Waals surface area contributed by atoms with Crippen LogP contribution in [0.25, 0.3) is 10.8 Å². The SMILES string of the molecule is NCC(NC(=O)NCc1nnc2n1CCOC2)c1ccc2ccccc2c1.O=C(O)C(F)(F)F. The Morgan fingerprint density at radius 1 is 1.18 bits per heavy atom. The summed E-state index contributed by atoms with van der Waals surface area (Å²) in [4.78, 5) is 21.2. The van der Waals surface area contributed by atoms with E-state index in [9.17, 15) is 18.0 Å². The van der Waals surface area contributed by atoms with Gasteiger partial charge in [0.1, 0.15) is 6.61 Å². The molecular weight excluding hydrogens is 457 g/mol. The molecule has 2 heterocycles. The van der Waals surface area contributed by atoms with Crippen molar-refractivity contribution >= 4 is 22.8 Å². The highest BCUT2D eigenvalue weighted by molar-refractivity contribution is 5.83. The summed E-state index contributed by atoms with van der Waals surface area (Å²) in [5.74, 6) is -1.25. The number of benzene rings is 2. The molecule has 182 valence electrons. The number of amides is 2. The van der Waals surface area contributed by atoms with E-state index in [4.69, 9.17) is 20.4 Å². The number of alkyl halides is 3. The molecule has 0 saturated heterocycles. The van der Waals surface area contributed by atoms with E-state index < -0.39 is 12.1 Å². The molecule has 13 heteroatoms. The summed E-state index contributed by atoms with van der Waals surface area (Å²) in [5, 5.41) is 23.4. The molecule has 0 bridgehead atoms. The Morgan fingerprint density at radius 2 is 1.88 bits per heavy atom. The number of carbonyl (C=O) groups excluding carboxylic acids is 1. The molecule has 5 N–H and O–H groups in total. The number of aromatic nitrogens is 3. The van der Waals surface area contributed by atoms with Gasteiger partial charge in [0.25, 0.3) is 0 Å². The topological polar surface area (TPSA) is 144 Å². The molecule has 34 heavy (non-hydrogen) atoms. The number of nitrogens with one attached hydrogen (secondary N) is 2. The van der Waals surface area contributed by atoms with Crippen LogP contribution in [-0.2, 0) is 29.2 Å². The van der Waals surface area contributed by atoms with Crippen LogP contribution in [0.2, 0.25) is 0 Å². The van der Waals surface area contributed by atoms with E-state index in [2.05, 4.69) is 33.0 Å². The molecule has 0 spiro atoms. The summed E-state index contributed by atoms with van der Waals surface area (Å²) in [6, 6.07) is 13.6. The second-order valence-electron chi connectivity index (χ2n) is 7.26. The van der Waals surface area contributed by atoms with Crippen LogP contribution in [0.15, 0.2) is 42.5 Å². The minimum absolute atomic E-state index is 0.268. The minimum Gasteiger partial charge on any atom is -0.475 e. The van der Waals surface area contributed by atoms with Crippen molar-refractivity contribution in [2.45, 2.75) is 31.9 Å². The van der Waals surface area contributed by atoms with Gasteiger partial charge in [0.15, 0.2) is 11.6 Å². The number of urea groups is 1. The van der Waals surface area contributed by atoms with Crippen LogP contribution in [0.1, 0.15) is 23.3 Å². The van der Waals surface area contributed by atoms with Gasteiger partial charge >= 0.3 is 18.2 Å². The summed E-state index contributed by atoms with van der Waals surface area (Å²) < 4.78 is 39.1. The zero-order chi connectivity index (χ0) is 24.7. The lowest BCUT2D eigenvalue weighted by molar-refractivity contribution is -0.192. The highest BCUT2D eigenvalue weighted by Gasteiger charge is 2.38. The number of rotatable bonds is 5. The van der Waals surface area contributed by atoms with E-state index in [1.165, 1.54) is 0 Å². The molecule has 0 aliphatic carbocycles. The summed E-state index contributed by atoms with van der Waals surface area (Å²) in [6.45, 7) is 2.39. The molecule has 0 saturated carbocycles. The van der Waals surface area contributed by atoms with Crippen LogP contribution < -0.4 is 16.4 Å². The van der Waals surface area contributed by atoms with Gasteiger partial charge in [0.2, 0.25) is 0 Å². The van der Waals surface area contributed by atoms with Crippen molar-refractivity contribution in [3.05, 3.63) is 59.7 Å².